The molecule has 0 spiro atoms. The van der Waals surface area contributed by atoms with E-state index in [1.165, 1.54) is 6.42 Å². The minimum atomic E-state index is 0.116. The molecule has 0 aromatic carbocycles. The second-order valence-corrected chi connectivity index (χ2v) is 4.41. The zero-order valence-electron chi connectivity index (χ0n) is 8.54. The first-order chi connectivity index (χ1) is 6.79. The van der Waals surface area contributed by atoms with E-state index in [0.29, 0.717) is 18.5 Å². The summed E-state index contributed by atoms with van der Waals surface area (Å²) in [5, 5.41) is 3.05. The van der Waals surface area contributed by atoms with Crippen LogP contribution in [-0.2, 0) is 0 Å². The molecule has 2 fully saturated rings. The number of urea groups is 1. The number of nitrogens with zero attached hydrogens (tertiary/aromatic N) is 1. The number of rotatable bonds is 2. The summed E-state index contributed by atoms with van der Waals surface area (Å²) in [5.41, 5.74) is 5.58. The largest absolute Gasteiger partial charge is 0.335 e. The van der Waals surface area contributed by atoms with Gasteiger partial charge in [0.25, 0.3) is 0 Å². The summed E-state index contributed by atoms with van der Waals surface area (Å²) in [4.78, 5) is 13.6. The molecular formula is C10H19N3O. The molecule has 0 aromatic rings. The number of amides is 2. The molecule has 1 saturated heterocycles. The molecule has 1 aliphatic heterocycles. The van der Waals surface area contributed by atoms with E-state index in [4.69, 9.17) is 5.73 Å². The number of nitrogens with one attached hydrogen (secondary N) is 1. The first-order valence-corrected chi connectivity index (χ1v) is 5.55. The van der Waals surface area contributed by atoms with Crippen LogP contribution in [0.5, 0.6) is 0 Å². The number of carbonyl (C=O) groups is 1. The molecule has 1 aliphatic carbocycles. The monoisotopic (exact) mass is 197 g/mol. The van der Waals surface area contributed by atoms with E-state index in [-0.39, 0.29) is 6.03 Å². The molecule has 14 heavy (non-hydrogen) atoms. The Morgan fingerprint density at radius 1 is 1.43 bits per heavy atom. The van der Waals surface area contributed by atoms with Crippen molar-refractivity contribution in [1.82, 2.24) is 10.2 Å². The van der Waals surface area contributed by atoms with E-state index < -0.39 is 0 Å². The first kappa shape index (κ1) is 9.77. The van der Waals surface area contributed by atoms with Crippen LogP contribution in [0.25, 0.3) is 0 Å². The summed E-state index contributed by atoms with van der Waals surface area (Å²) >= 11 is 0. The fourth-order valence-corrected chi connectivity index (χ4v) is 2.03. The van der Waals surface area contributed by atoms with Gasteiger partial charge in [-0.3, -0.25) is 0 Å². The summed E-state index contributed by atoms with van der Waals surface area (Å²) in [7, 11) is 0. The van der Waals surface area contributed by atoms with E-state index in [9.17, 15) is 4.79 Å². The van der Waals surface area contributed by atoms with Gasteiger partial charge in [0.1, 0.15) is 0 Å². The number of nitrogens with two attached hydrogens (primary N) is 1. The molecule has 4 heteroatoms. The fourth-order valence-electron chi connectivity index (χ4n) is 2.03. The van der Waals surface area contributed by atoms with E-state index >= 15 is 0 Å². The van der Waals surface area contributed by atoms with Crippen LogP contribution in [0.3, 0.4) is 0 Å². The van der Waals surface area contributed by atoms with Gasteiger partial charge in [-0.15, -0.1) is 0 Å². The molecule has 1 saturated carbocycles. The molecule has 80 valence electrons. The standard InChI is InChI=1S/C10H19N3O/c11-6-8-4-5-13(7-8)10(14)12-9-2-1-3-9/h8-9H,1-7,11H2,(H,12,14). The van der Waals surface area contributed by atoms with Crippen molar-refractivity contribution in [1.29, 1.82) is 0 Å². The molecule has 2 aliphatic rings. The van der Waals surface area contributed by atoms with Crippen LogP contribution >= 0.6 is 0 Å². The Kier molecular flexibility index (Phi) is 2.91. The molecular weight excluding hydrogens is 178 g/mol. The molecule has 0 radical (unpaired) electrons. The second kappa shape index (κ2) is 4.17. The van der Waals surface area contributed by atoms with E-state index in [2.05, 4.69) is 5.32 Å². The van der Waals surface area contributed by atoms with Crippen molar-refractivity contribution in [2.24, 2.45) is 11.7 Å². The van der Waals surface area contributed by atoms with Crippen LogP contribution in [0.4, 0.5) is 4.79 Å². The van der Waals surface area contributed by atoms with Gasteiger partial charge in [-0.2, -0.15) is 0 Å². The van der Waals surface area contributed by atoms with Crippen molar-refractivity contribution >= 4 is 6.03 Å². The van der Waals surface area contributed by atoms with Gasteiger partial charge in [0.2, 0.25) is 0 Å². The Balaban J connectivity index is 1.74. The number of hydrogen-bond acceptors (Lipinski definition) is 2. The van der Waals surface area contributed by atoms with Gasteiger partial charge in [-0.1, -0.05) is 0 Å². The van der Waals surface area contributed by atoms with Crippen molar-refractivity contribution in [2.75, 3.05) is 19.6 Å². The van der Waals surface area contributed by atoms with Gasteiger partial charge in [0.15, 0.2) is 0 Å². The zero-order valence-corrected chi connectivity index (χ0v) is 8.54. The molecule has 3 N–H and O–H groups in total. The lowest BCUT2D eigenvalue weighted by Crippen LogP contribution is -2.46. The number of carbonyl (C=O) groups excluding carboxylic acids is 1. The smallest absolute Gasteiger partial charge is 0.317 e. The average molecular weight is 197 g/mol. The van der Waals surface area contributed by atoms with Gasteiger partial charge >= 0.3 is 6.03 Å². The maximum atomic E-state index is 11.7. The molecule has 4 nitrogen and oxygen atoms in total. The van der Waals surface area contributed by atoms with E-state index in [1.807, 2.05) is 4.90 Å². The molecule has 1 heterocycles. The van der Waals surface area contributed by atoms with Crippen molar-refractivity contribution in [3.63, 3.8) is 0 Å². The lowest BCUT2D eigenvalue weighted by atomic mass is 9.93. The molecule has 2 rings (SSSR count). The Labute approximate surface area is 84.8 Å². The van der Waals surface area contributed by atoms with Crippen LogP contribution in [0.1, 0.15) is 25.7 Å². The Morgan fingerprint density at radius 2 is 2.21 bits per heavy atom. The topological polar surface area (TPSA) is 58.4 Å². The van der Waals surface area contributed by atoms with Gasteiger partial charge < -0.3 is 16.0 Å². The highest BCUT2D eigenvalue weighted by molar-refractivity contribution is 5.74. The van der Waals surface area contributed by atoms with Gasteiger partial charge in [-0.25, -0.2) is 4.79 Å². The first-order valence-electron chi connectivity index (χ1n) is 5.55. The third-order valence-corrected chi connectivity index (χ3v) is 3.34. The van der Waals surface area contributed by atoms with Crippen LogP contribution < -0.4 is 11.1 Å². The molecule has 0 bridgehead atoms. The van der Waals surface area contributed by atoms with Crippen LogP contribution in [-0.4, -0.2) is 36.6 Å². The van der Waals surface area contributed by atoms with Crippen molar-refractivity contribution in [3.8, 4) is 0 Å². The predicted molar refractivity (Wildman–Crippen MR) is 54.9 cm³/mol. The average Bonchev–Trinajstić information content (AvgIpc) is 2.59. The summed E-state index contributed by atoms with van der Waals surface area (Å²) < 4.78 is 0. The Bertz CT molecular complexity index is 215. The highest BCUT2D eigenvalue weighted by atomic mass is 16.2. The lowest BCUT2D eigenvalue weighted by molar-refractivity contribution is 0.195. The SMILES string of the molecule is NCC1CCN(C(=O)NC2CCC2)C1. The van der Waals surface area contributed by atoms with Crippen molar-refractivity contribution in [2.45, 2.75) is 31.7 Å². The summed E-state index contributed by atoms with van der Waals surface area (Å²) in [6, 6.07) is 0.560. The molecule has 1 unspecified atom stereocenters. The van der Waals surface area contributed by atoms with Gasteiger partial charge in [0.05, 0.1) is 0 Å². The summed E-state index contributed by atoms with van der Waals surface area (Å²) in [5.74, 6) is 0.516. The highest BCUT2D eigenvalue weighted by Crippen LogP contribution is 2.20. The van der Waals surface area contributed by atoms with Gasteiger partial charge in [-0.05, 0) is 38.1 Å². The fraction of sp³-hybridized carbons (Fsp3) is 0.900. The second-order valence-electron chi connectivity index (χ2n) is 4.41. The summed E-state index contributed by atoms with van der Waals surface area (Å²) in [6.45, 7) is 2.42. The van der Waals surface area contributed by atoms with Crippen molar-refractivity contribution < 1.29 is 4.79 Å². The maximum absolute atomic E-state index is 11.7. The Hall–Kier alpha value is -0.770. The zero-order chi connectivity index (χ0) is 9.97. The minimum absolute atomic E-state index is 0.116. The quantitative estimate of drug-likeness (QED) is 0.678. The molecule has 0 aromatic heterocycles. The third-order valence-electron chi connectivity index (χ3n) is 3.34. The highest BCUT2D eigenvalue weighted by Gasteiger charge is 2.27. The maximum Gasteiger partial charge on any atom is 0.317 e. The molecule has 2 amide bonds. The van der Waals surface area contributed by atoms with E-state index in [1.54, 1.807) is 0 Å². The minimum Gasteiger partial charge on any atom is -0.335 e. The van der Waals surface area contributed by atoms with Crippen molar-refractivity contribution in [3.05, 3.63) is 0 Å². The Morgan fingerprint density at radius 3 is 2.71 bits per heavy atom. The number of hydrogen-bond donors (Lipinski definition) is 2. The van der Waals surface area contributed by atoms with Crippen LogP contribution in [0.15, 0.2) is 0 Å². The number of likely N-dealkylation sites (tertiary alicyclic amines) is 1. The van der Waals surface area contributed by atoms with Gasteiger partial charge in [0, 0.05) is 19.1 Å². The van der Waals surface area contributed by atoms with E-state index in [0.717, 1.165) is 32.4 Å². The van der Waals surface area contributed by atoms with Crippen LogP contribution in [0.2, 0.25) is 0 Å². The molecule has 1 atom stereocenters. The third kappa shape index (κ3) is 2.00. The normalized spacial score (nSPS) is 27.5. The predicted octanol–water partition coefficient (Wildman–Crippen LogP) is 0.529. The lowest BCUT2D eigenvalue weighted by Gasteiger charge is -2.29. The van der Waals surface area contributed by atoms with Crippen LogP contribution in [0, 0.1) is 5.92 Å². The summed E-state index contributed by atoms with van der Waals surface area (Å²) in [6.07, 6.45) is 4.63.